The summed E-state index contributed by atoms with van der Waals surface area (Å²) in [5.41, 5.74) is 1.56. The molecule has 1 atom stereocenters. The standard InChI is InChI=1S/C15H16N2O4S2/c1-7-12(15(19)20)23-14(17-7)8(2)16-13(18)11-5-9-6-21-4-3-10(9)22-11/h5,8H,3-4,6H2,1-2H3,(H,16,18)(H,19,20). The van der Waals surface area contributed by atoms with Crippen LogP contribution in [-0.4, -0.2) is 28.6 Å². The molecular weight excluding hydrogens is 336 g/mol. The van der Waals surface area contributed by atoms with Gasteiger partial charge in [-0.05, 0) is 25.5 Å². The average Bonchev–Trinajstić information content (AvgIpc) is 3.10. The fourth-order valence-electron chi connectivity index (χ4n) is 2.39. The van der Waals surface area contributed by atoms with Crippen molar-refractivity contribution in [1.82, 2.24) is 10.3 Å². The topological polar surface area (TPSA) is 88.5 Å². The third-order valence-electron chi connectivity index (χ3n) is 3.58. The number of nitrogens with zero attached hydrogens (tertiary/aromatic N) is 1. The van der Waals surface area contributed by atoms with Gasteiger partial charge in [0.05, 0.1) is 29.8 Å². The average molecular weight is 352 g/mol. The van der Waals surface area contributed by atoms with E-state index in [0.717, 1.165) is 23.3 Å². The van der Waals surface area contributed by atoms with Crippen LogP contribution in [0.3, 0.4) is 0 Å². The molecule has 0 spiro atoms. The van der Waals surface area contributed by atoms with Crippen molar-refractivity contribution in [3.63, 3.8) is 0 Å². The van der Waals surface area contributed by atoms with Gasteiger partial charge in [-0.15, -0.1) is 22.7 Å². The molecule has 1 aliphatic heterocycles. The summed E-state index contributed by atoms with van der Waals surface area (Å²) < 4.78 is 5.39. The maximum Gasteiger partial charge on any atom is 0.347 e. The summed E-state index contributed by atoms with van der Waals surface area (Å²) in [5.74, 6) is -1.16. The predicted molar refractivity (Wildman–Crippen MR) is 87.4 cm³/mol. The lowest BCUT2D eigenvalue weighted by atomic mass is 10.2. The molecule has 2 aromatic heterocycles. The number of ether oxygens (including phenoxy) is 1. The Morgan fingerprint density at radius 3 is 2.87 bits per heavy atom. The van der Waals surface area contributed by atoms with E-state index in [2.05, 4.69) is 10.3 Å². The molecular formula is C15H16N2O4S2. The maximum atomic E-state index is 12.4. The molecule has 1 aliphatic rings. The molecule has 23 heavy (non-hydrogen) atoms. The van der Waals surface area contributed by atoms with Crippen LogP contribution in [0.1, 0.15) is 53.5 Å². The normalized spacial score (nSPS) is 15.0. The molecule has 0 radical (unpaired) electrons. The highest BCUT2D eigenvalue weighted by Gasteiger charge is 2.22. The molecule has 8 heteroatoms. The SMILES string of the molecule is Cc1nc(C(C)NC(=O)c2cc3c(s2)CCOC3)sc1C(=O)O. The number of thiophene rings is 1. The lowest BCUT2D eigenvalue weighted by Gasteiger charge is -2.10. The molecule has 2 aromatic rings. The molecule has 1 amide bonds. The number of fused-ring (bicyclic) bond motifs is 1. The zero-order valence-electron chi connectivity index (χ0n) is 12.7. The van der Waals surface area contributed by atoms with Gasteiger partial charge in [-0.25, -0.2) is 9.78 Å². The molecule has 2 N–H and O–H groups in total. The summed E-state index contributed by atoms with van der Waals surface area (Å²) in [6.07, 6.45) is 0.844. The number of carbonyl (C=O) groups excluding carboxylic acids is 1. The Bertz CT molecular complexity index is 742. The van der Waals surface area contributed by atoms with E-state index in [9.17, 15) is 9.59 Å². The van der Waals surface area contributed by atoms with Crippen molar-refractivity contribution < 1.29 is 19.4 Å². The number of amides is 1. The number of carboxylic acid groups (broad SMARTS) is 1. The van der Waals surface area contributed by atoms with Gasteiger partial charge >= 0.3 is 5.97 Å². The molecule has 6 nitrogen and oxygen atoms in total. The van der Waals surface area contributed by atoms with Gasteiger partial charge < -0.3 is 15.2 Å². The van der Waals surface area contributed by atoms with Crippen molar-refractivity contribution >= 4 is 34.6 Å². The molecule has 3 rings (SSSR count). The number of hydrogen-bond donors (Lipinski definition) is 2. The lowest BCUT2D eigenvalue weighted by Crippen LogP contribution is -2.25. The first-order valence-corrected chi connectivity index (χ1v) is 8.80. The van der Waals surface area contributed by atoms with Gasteiger partial charge in [0.1, 0.15) is 9.88 Å². The number of aryl methyl sites for hydroxylation is 1. The van der Waals surface area contributed by atoms with Gasteiger partial charge in [0.25, 0.3) is 5.91 Å². The second-order valence-electron chi connectivity index (χ2n) is 5.33. The zero-order valence-corrected chi connectivity index (χ0v) is 14.3. The number of carbonyl (C=O) groups is 2. The summed E-state index contributed by atoms with van der Waals surface area (Å²) >= 11 is 2.59. The highest BCUT2D eigenvalue weighted by Crippen LogP contribution is 2.28. The minimum absolute atomic E-state index is 0.165. The second kappa shape index (κ2) is 6.38. The summed E-state index contributed by atoms with van der Waals surface area (Å²) in [5, 5.41) is 12.6. The first-order chi connectivity index (χ1) is 11.0. The van der Waals surface area contributed by atoms with E-state index in [1.54, 1.807) is 13.8 Å². The van der Waals surface area contributed by atoms with E-state index in [1.807, 2.05) is 6.07 Å². The number of hydrogen-bond acceptors (Lipinski definition) is 6. The Kier molecular flexibility index (Phi) is 4.47. The first-order valence-electron chi connectivity index (χ1n) is 7.16. The summed E-state index contributed by atoms with van der Waals surface area (Å²) in [7, 11) is 0. The van der Waals surface area contributed by atoms with Crippen LogP contribution in [0.2, 0.25) is 0 Å². The van der Waals surface area contributed by atoms with Crippen LogP contribution in [0, 0.1) is 6.92 Å². The monoisotopic (exact) mass is 352 g/mol. The minimum atomic E-state index is -0.990. The van der Waals surface area contributed by atoms with Gasteiger partial charge in [-0.3, -0.25) is 4.79 Å². The molecule has 3 heterocycles. The van der Waals surface area contributed by atoms with Crippen LogP contribution >= 0.6 is 22.7 Å². The van der Waals surface area contributed by atoms with Crippen molar-refractivity contribution in [3.8, 4) is 0 Å². The van der Waals surface area contributed by atoms with Crippen molar-refractivity contribution in [2.24, 2.45) is 0 Å². The van der Waals surface area contributed by atoms with Gasteiger partial charge in [0.2, 0.25) is 0 Å². The molecule has 0 bridgehead atoms. The third-order valence-corrected chi connectivity index (χ3v) is 6.14. The number of carboxylic acids is 1. The van der Waals surface area contributed by atoms with Crippen molar-refractivity contribution in [2.45, 2.75) is 32.9 Å². The van der Waals surface area contributed by atoms with Crippen molar-refractivity contribution in [2.75, 3.05) is 6.61 Å². The number of aromatic nitrogens is 1. The van der Waals surface area contributed by atoms with Crippen LogP contribution in [0.4, 0.5) is 0 Å². The smallest absolute Gasteiger partial charge is 0.347 e. The Morgan fingerprint density at radius 1 is 1.43 bits per heavy atom. The van der Waals surface area contributed by atoms with E-state index in [-0.39, 0.29) is 16.8 Å². The summed E-state index contributed by atoms with van der Waals surface area (Å²) in [6.45, 7) is 4.72. The van der Waals surface area contributed by atoms with Crippen LogP contribution < -0.4 is 5.32 Å². The Morgan fingerprint density at radius 2 is 2.22 bits per heavy atom. The summed E-state index contributed by atoms with van der Waals surface area (Å²) in [4.78, 5) is 29.8. The molecule has 0 saturated carbocycles. The number of rotatable bonds is 4. The van der Waals surface area contributed by atoms with Gasteiger partial charge in [0.15, 0.2) is 0 Å². The van der Waals surface area contributed by atoms with E-state index in [4.69, 9.17) is 9.84 Å². The Hall–Kier alpha value is -1.77. The van der Waals surface area contributed by atoms with E-state index in [0.29, 0.717) is 28.8 Å². The predicted octanol–water partition coefficient (Wildman–Crippen LogP) is 2.77. The fourth-order valence-corrected chi connectivity index (χ4v) is 4.35. The molecule has 0 aliphatic carbocycles. The van der Waals surface area contributed by atoms with Crippen molar-refractivity contribution in [3.05, 3.63) is 37.0 Å². The number of nitrogens with one attached hydrogen (secondary N) is 1. The molecule has 1 unspecified atom stereocenters. The van der Waals surface area contributed by atoms with E-state index in [1.165, 1.54) is 16.2 Å². The van der Waals surface area contributed by atoms with Crippen LogP contribution in [0.15, 0.2) is 6.07 Å². The Balaban J connectivity index is 1.73. The molecule has 122 valence electrons. The minimum Gasteiger partial charge on any atom is -0.477 e. The van der Waals surface area contributed by atoms with E-state index >= 15 is 0 Å². The highest BCUT2D eigenvalue weighted by atomic mass is 32.1. The molecule has 0 fully saturated rings. The largest absolute Gasteiger partial charge is 0.477 e. The quantitative estimate of drug-likeness (QED) is 0.883. The zero-order chi connectivity index (χ0) is 16.6. The maximum absolute atomic E-state index is 12.4. The fraction of sp³-hybridized carbons (Fsp3) is 0.400. The first kappa shape index (κ1) is 16.1. The van der Waals surface area contributed by atoms with Crippen LogP contribution in [0.5, 0.6) is 0 Å². The van der Waals surface area contributed by atoms with Gasteiger partial charge in [-0.2, -0.15) is 0 Å². The van der Waals surface area contributed by atoms with Gasteiger partial charge in [-0.1, -0.05) is 0 Å². The van der Waals surface area contributed by atoms with Crippen LogP contribution in [-0.2, 0) is 17.8 Å². The number of thiazole rings is 1. The number of aromatic carboxylic acids is 1. The lowest BCUT2D eigenvalue weighted by molar-refractivity contribution is 0.0701. The highest BCUT2D eigenvalue weighted by molar-refractivity contribution is 7.14. The van der Waals surface area contributed by atoms with E-state index < -0.39 is 5.97 Å². The van der Waals surface area contributed by atoms with Crippen molar-refractivity contribution in [1.29, 1.82) is 0 Å². The van der Waals surface area contributed by atoms with Gasteiger partial charge in [0, 0.05) is 11.3 Å². The second-order valence-corrected chi connectivity index (χ2v) is 7.50. The Labute approximate surface area is 141 Å². The molecule has 0 saturated heterocycles. The van der Waals surface area contributed by atoms with Crippen LogP contribution in [0.25, 0.3) is 0 Å². The summed E-state index contributed by atoms with van der Waals surface area (Å²) in [6, 6.07) is 1.53. The molecule has 0 aromatic carbocycles. The third kappa shape index (κ3) is 3.29.